The normalized spacial score (nSPS) is 19.0. The van der Waals surface area contributed by atoms with E-state index in [1.807, 2.05) is 6.20 Å². The third-order valence-electron chi connectivity index (χ3n) is 3.04. The Morgan fingerprint density at radius 3 is 2.29 bits per heavy atom. The highest BCUT2D eigenvalue weighted by Gasteiger charge is 2.38. The van der Waals surface area contributed by atoms with E-state index in [1.165, 1.54) is 18.5 Å². The minimum atomic E-state index is -5.08. The molecule has 5 nitrogen and oxygen atoms in total. The van der Waals surface area contributed by atoms with Gasteiger partial charge >= 0.3 is 12.1 Å². The van der Waals surface area contributed by atoms with Gasteiger partial charge in [-0.2, -0.15) is 13.2 Å². The highest BCUT2D eigenvalue weighted by Crippen LogP contribution is 2.24. The summed E-state index contributed by atoms with van der Waals surface area (Å²) in [6.07, 6.45) is -0.650. The molecule has 0 amide bonds. The van der Waals surface area contributed by atoms with Gasteiger partial charge in [0.15, 0.2) is 0 Å². The van der Waals surface area contributed by atoms with Crippen LogP contribution in [0.15, 0.2) is 6.20 Å². The van der Waals surface area contributed by atoms with Crippen molar-refractivity contribution >= 4 is 5.97 Å². The third-order valence-corrected chi connectivity index (χ3v) is 3.04. The second kappa shape index (κ2) is 6.46. The van der Waals surface area contributed by atoms with Crippen LogP contribution in [-0.4, -0.2) is 33.8 Å². The molecule has 1 aromatic heterocycles. The number of nitrogens with one attached hydrogen (secondary N) is 2. The Labute approximate surface area is 121 Å². The summed E-state index contributed by atoms with van der Waals surface area (Å²) < 4.78 is 31.7. The Morgan fingerprint density at radius 2 is 1.95 bits per heavy atom. The maximum Gasteiger partial charge on any atom is 0.490 e. The van der Waals surface area contributed by atoms with E-state index >= 15 is 0 Å². The number of halogens is 3. The summed E-state index contributed by atoms with van der Waals surface area (Å²) in [5.41, 5.74) is 1.39. The standard InChI is InChI=1S/C11H19N3.C2HF3O2/c1-11(2,3)9-7-13-10(14-9)8-5-4-6-12-8;3-2(4,5)1(6)7/h7-8,12H,4-6H2,1-3H3,(H,13,14);(H,6,7). The second-order valence-corrected chi connectivity index (χ2v) is 5.88. The molecule has 0 spiro atoms. The number of nitrogens with zero attached hydrogens (tertiary/aromatic N) is 1. The second-order valence-electron chi connectivity index (χ2n) is 5.88. The fraction of sp³-hybridized carbons (Fsp3) is 0.692. The molecule has 1 aliphatic rings. The Hall–Kier alpha value is -1.57. The number of carbonyl (C=O) groups is 1. The van der Waals surface area contributed by atoms with E-state index in [2.05, 4.69) is 36.1 Å². The van der Waals surface area contributed by atoms with Gasteiger partial charge in [-0.3, -0.25) is 0 Å². The van der Waals surface area contributed by atoms with Crippen LogP contribution in [0.3, 0.4) is 0 Å². The molecule has 0 radical (unpaired) electrons. The van der Waals surface area contributed by atoms with Crippen molar-refractivity contribution in [1.82, 2.24) is 15.3 Å². The van der Waals surface area contributed by atoms with E-state index in [4.69, 9.17) is 9.90 Å². The Bertz CT molecular complexity index is 472. The highest BCUT2D eigenvalue weighted by molar-refractivity contribution is 5.73. The fourth-order valence-corrected chi connectivity index (χ4v) is 1.81. The molecule has 0 saturated carbocycles. The van der Waals surface area contributed by atoms with E-state index < -0.39 is 12.1 Å². The van der Waals surface area contributed by atoms with Gasteiger partial charge in [0.25, 0.3) is 0 Å². The van der Waals surface area contributed by atoms with Crippen LogP contribution < -0.4 is 5.32 Å². The molecule has 0 aromatic carbocycles. The van der Waals surface area contributed by atoms with Crippen molar-refractivity contribution in [1.29, 1.82) is 0 Å². The summed E-state index contributed by atoms with van der Waals surface area (Å²) in [5, 5.41) is 10.6. The maximum absolute atomic E-state index is 10.6. The lowest BCUT2D eigenvalue weighted by Crippen LogP contribution is -2.21. The average molecular weight is 307 g/mol. The number of imidazole rings is 1. The monoisotopic (exact) mass is 307 g/mol. The summed E-state index contributed by atoms with van der Waals surface area (Å²) >= 11 is 0. The van der Waals surface area contributed by atoms with Crippen LogP contribution in [0.4, 0.5) is 13.2 Å². The molecule has 2 heterocycles. The highest BCUT2D eigenvalue weighted by atomic mass is 19.4. The number of H-pyrrole nitrogens is 1. The minimum Gasteiger partial charge on any atom is -0.475 e. The van der Waals surface area contributed by atoms with Crippen molar-refractivity contribution in [2.75, 3.05) is 6.54 Å². The lowest BCUT2D eigenvalue weighted by atomic mass is 9.93. The molecule has 1 atom stereocenters. The summed E-state index contributed by atoms with van der Waals surface area (Å²) in [7, 11) is 0. The summed E-state index contributed by atoms with van der Waals surface area (Å²) in [6, 6.07) is 0.450. The molecule has 21 heavy (non-hydrogen) atoms. The third kappa shape index (κ3) is 5.37. The molecule has 120 valence electrons. The van der Waals surface area contributed by atoms with Crippen molar-refractivity contribution in [2.24, 2.45) is 0 Å². The molecule has 8 heteroatoms. The summed E-state index contributed by atoms with van der Waals surface area (Å²) in [4.78, 5) is 16.8. The Morgan fingerprint density at radius 1 is 1.38 bits per heavy atom. The van der Waals surface area contributed by atoms with Crippen LogP contribution in [0.5, 0.6) is 0 Å². The average Bonchev–Trinajstić information content (AvgIpc) is 2.98. The lowest BCUT2D eigenvalue weighted by molar-refractivity contribution is -0.192. The number of rotatable bonds is 1. The van der Waals surface area contributed by atoms with E-state index in [0.717, 1.165) is 12.4 Å². The molecule has 2 rings (SSSR count). The molecule has 0 bridgehead atoms. The molecule has 1 aromatic rings. The molecule has 1 aliphatic heterocycles. The maximum atomic E-state index is 10.6. The zero-order valence-electron chi connectivity index (χ0n) is 12.2. The van der Waals surface area contributed by atoms with Crippen LogP contribution in [0, 0.1) is 0 Å². The van der Waals surface area contributed by atoms with Crippen LogP contribution in [0.25, 0.3) is 0 Å². The van der Waals surface area contributed by atoms with Crippen molar-refractivity contribution in [3.05, 3.63) is 17.7 Å². The van der Waals surface area contributed by atoms with Crippen LogP contribution >= 0.6 is 0 Å². The number of alkyl halides is 3. The number of aliphatic carboxylic acids is 1. The van der Waals surface area contributed by atoms with Gasteiger partial charge < -0.3 is 15.4 Å². The van der Waals surface area contributed by atoms with Gasteiger partial charge in [-0.15, -0.1) is 0 Å². The number of carboxylic acid groups (broad SMARTS) is 1. The zero-order valence-corrected chi connectivity index (χ0v) is 12.2. The van der Waals surface area contributed by atoms with Gasteiger partial charge in [-0.1, -0.05) is 20.8 Å². The largest absolute Gasteiger partial charge is 0.490 e. The number of carboxylic acids is 1. The van der Waals surface area contributed by atoms with Gasteiger partial charge in [-0.25, -0.2) is 9.78 Å². The van der Waals surface area contributed by atoms with Crippen LogP contribution in [0.2, 0.25) is 0 Å². The fourth-order valence-electron chi connectivity index (χ4n) is 1.81. The van der Waals surface area contributed by atoms with Gasteiger partial charge in [0.05, 0.1) is 6.04 Å². The smallest absolute Gasteiger partial charge is 0.475 e. The van der Waals surface area contributed by atoms with Gasteiger partial charge in [0, 0.05) is 17.3 Å². The molecular formula is C13H20F3N3O2. The van der Waals surface area contributed by atoms with Crippen LogP contribution in [-0.2, 0) is 10.2 Å². The van der Waals surface area contributed by atoms with Crippen LogP contribution in [0.1, 0.15) is 51.2 Å². The van der Waals surface area contributed by atoms with Crippen molar-refractivity contribution in [2.45, 2.75) is 51.2 Å². The number of hydrogen-bond donors (Lipinski definition) is 3. The molecule has 1 fully saturated rings. The van der Waals surface area contributed by atoms with E-state index in [9.17, 15) is 13.2 Å². The topological polar surface area (TPSA) is 78.0 Å². The zero-order chi connectivity index (χ0) is 16.3. The molecule has 1 unspecified atom stereocenters. The Kier molecular flexibility index (Phi) is 5.38. The molecule has 1 saturated heterocycles. The van der Waals surface area contributed by atoms with Crippen molar-refractivity contribution in [3.8, 4) is 0 Å². The predicted molar refractivity (Wildman–Crippen MR) is 71.0 cm³/mol. The summed E-state index contributed by atoms with van der Waals surface area (Å²) in [6.45, 7) is 7.72. The number of aromatic nitrogens is 2. The Balaban J connectivity index is 0.000000270. The van der Waals surface area contributed by atoms with Crippen molar-refractivity contribution in [3.63, 3.8) is 0 Å². The predicted octanol–water partition coefficient (Wildman–Crippen LogP) is 2.77. The quantitative estimate of drug-likeness (QED) is 0.745. The first-order valence-corrected chi connectivity index (χ1v) is 6.60. The van der Waals surface area contributed by atoms with Crippen molar-refractivity contribution < 1.29 is 23.1 Å². The van der Waals surface area contributed by atoms with E-state index in [1.54, 1.807) is 0 Å². The molecule has 3 N–H and O–H groups in total. The molecule has 0 aliphatic carbocycles. The minimum absolute atomic E-state index is 0.170. The number of hydrogen-bond acceptors (Lipinski definition) is 3. The summed E-state index contributed by atoms with van der Waals surface area (Å²) in [5.74, 6) is -1.65. The lowest BCUT2D eigenvalue weighted by Gasteiger charge is -2.15. The molecular weight excluding hydrogens is 287 g/mol. The van der Waals surface area contributed by atoms with Gasteiger partial charge in [0.2, 0.25) is 0 Å². The van der Waals surface area contributed by atoms with Gasteiger partial charge in [-0.05, 0) is 19.4 Å². The number of aromatic amines is 1. The first-order chi connectivity index (χ1) is 9.51. The van der Waals surface area contributed by atoms with E-state index in [-0.39, 0.29) is 5.41 Å². The van der Waals surface area contributed by atoms with Gasteiger partial charge in [0.1, 0.15) is 5.82 Å². The van der Waals surface area contributed by atoms with E-state index in [0.29, 0.717) is 6.04 Å². The first kappa shape index (κ1) is 17.5. The first-order valence-electron chi connectivity index (χ1n) is 6.60. The SMILES string of the molecule is CC(C)(C)c1cnc(C2CCCN2)[nH]1.O=C(O)C(F)(F)F.